The van der Waals surface area contributed by atoms with Crippen molar-refractivity contribution in [2.24, 2.45) is 0 Å². The maximum absolute atomic E-state index is 12.0. The molecule has 1 amide bonds. The summed E-state index contributed by atoms with van der Waals surface area (Å²) in [6, 6.07) is 12.0. The fourth-order valence-electron chi connectivity index (χ4n) is 1.92. The normalized spacial score (nSPS) is 10.3. The van der Waals surface area contributed by atoms with Crippen LogP contribution in [0.5, 0.6) is 0 Å². The fourth-order valence-corrected chi connectivity index (χ4v) is 2.36. The largest absolute Gasteiger partial charge is 0.478 e. The molecule has 0 atom stereocenters. The van der Waals surface area contributed by atoms with Crippen LogP contribution in [-0.4, -0.2) is 17.0 Å². The van der Waals surface area contributed by atoms with Gasteiger partial charge >= 0.3 is 5.97 Å². The zero-order chi connectivity index (χ0) is 16.1. The zero-order valence-corrected chi connectivity index (χ0v) is 13.8. The van der Waals surface area contributed by atoms with Gasteiger partial charge in [-0.3, -0.25) is 4.79 Å². The number of hydrogen-bond donors (Lipinski definition) is 2. The Labute approximate surface area is 141 Å². The summed E-state index contributed by atoms with van der Waals surface area (Å²) in [7, 11) is 0. The third-order valence-corrected chi connectivity index (χ3v) is 3.80. The van der Waals surface area contributed by atoms with Gasteiger partial charge in [-0.1, -0.05) is 39.7 Å². The number of nitrogens with one attached hydrogen (secondary N) is 1. The van der Waals surface area contributed by atoms with Crippen LogP contribution in [0.15, 0.2) is 46.9 Å². The molecular weight excluding hydrogens is 370 g/mol. The highest BCUT2D eigenvalue weighted by Crippen LogP contribution is 2.21. The van der Waals surface area contributed by atoms with E-state index in [1.807, 2.05) is 24.3 Å². The lowest BCUT2D eigenvalue weighted by Crippen LogP contribution is -2.15. The third kappa shape index (κ3) is 4.58. The van der Waals surface area contributed by atoms with Gasteiger partial charge in [0.15, 0.2) is 0 Å². The number of aryl methyl sites for hydroxylation is 1. The first-order chi connectivity index (χ1) is 10.5. The van der Waals surface area contributed by atoms with Crippen LogP contribution in [0.1, 0.15) is 22.3 Å². The van der Waals surface area contributed by atoms with Gasteiger partial charge in [-0.2, -0.15) is 0 Å². The monoisotopic (exact) mass is 381 g/mol. The van der Waals surface area contributed by atoms with Gasteiger partial charge in [0.2, 0.25) is 5.91 Å². The Morgan fingerprint density at radius 1 is 1.14 bits per heavy atom. The van der Waals surface area contributed by atoms with Gasteiger partial charge in [0.1, 0.15) is 0 Å². The van der Waals surface area contributed by atoms with E-state index in [9.17, 15) is 9.59 Å². The highest BCUT2D eigenvalue weighted by Gasteiger charge is 2.13. The van der Waals surface area contributed by atoms with Crippen molar-refractivity contribution >= 4 is 45.1 Å². The van der Waals surface area contributed by atoms with Crippen LogP contribution in [0.25, 0.3) is 0 Å². The first-order valence-electron chi connectivity index (χ1n) is 6.53. The molecule has 0 aliphatic rings. The van der Waals surface area contributed by atoms with Gasteiger partial charge in [0, 0.05) is 15.9 Å². The molecule has 0 radical (unpaired) electrons. The van der Waals surface area contributed by atoms with Crippen LogP contribution < -0.4 is 5.32 Å². The van der Waals surface area contributed by atoms with Gasteiger partial charge in [0.25, 0.3) is 0 Å². The first-order valence-corrected chi connectivity index (χ1v) is 7.70. The van der Waals surface area contributed by atoms with Crippen molar-refractivity contribution in [1.82, 2.24) is 0 Å². The number of amides is 1. The summed E-state index contributed by atoms with van der Waals surface area (Å²) in [4.78, 5) is 23.1. The maximum atomic E-state index is 12.0. The number of rotatable bonds is 5. The molecule has 0 spiro atoms. The van der Waals surface area contributed by atoms with E-state index in [1.54, 1.807) is 6.07 Å². The standard InChI is InChI=1S/C16H13BrClNO3/c17-11-4-1-10(2-5-11)3-8-15(20)19-14-7-6-12(18)9-13(14)16(21)22/h1-2,4-7,9H,3,8H2,(H,19,20)(H,21,22). The molecule has 2 rings (SSSR count). The van der Waals surface area contributed by atoms with Gasteiger partial charge in [-0.15, -0.1) is 0 Å². The minimum Gasteiger partial charge on any atom is -0.478 e. The number of halogens is 2. The molecule has 2 aromatic carbocycles. The van der Waals surface area contributed by atoms with Crippen molar-refractivity contribution in [2.45, 2.75) is 12.8 Å². The molecule has 0 aliphatic carbocycles. The smallest absolute Gasteiger partial charge is 0.337 e. The van der Waals surface area contributed by atoms with Crippen LogP contribution in [0.3, 0.4) is 0 Å². The van der Waals surface area contributed by atoms with Crippen molar-refractivity contribution in [1.29, 1.82) is 0 Å². The van der Waals surface area contributed by atoms with E-state index < -0.39 is 5.97 Å². The molecule has 0 saturated heterocycles. The van der Waals surface area contributed by atoms with Gasteiger partial charge in [-0.05, 0) is 42.3 Å². The summed E-state index contributed by atoms with van der Waals surface area (Å²) in [5, 5.41) is 12.0. The summed E-state index contributed by atoms with van der Waals surface area (Å²) in [5.41, 5.74) is 1.26. The number of carboxylic acids is 1. The zero-order valence-electron chi connectivity index (χ0n) is 11.5. The second-order valence-corrected chi connectivity index (χ2v) is 6.02. The van der Waals surface area contributed by atoms with Crippen LogP contribution in [0.2, 0.25) is 5.02 Å². The number of anilines is 1. The molecule has 0 aromatic heterocycles. The summed E-state index contributed by atoms with van der Waals surface area (Å²) in [6.07, 6.45) is 0.846. The van der Waals surface area contributed by atoms with Crippen molar-refractivity contribution in [3.8, 4) is 0 Å². The number of carboxylic acid groups (broad SMARTS) is 1. The Morgan fingerprint density at radius 2 is 1.82 bits per heavy atom. The molecule has 0 bridgehead atoms. The third-order valence-electron chi connectivity index (χ3n) is 3.04. The van der Waals surface area contributed by atoms with Crippen LogP contribution in [0.4, 0.5) is 5.69 Å². The molecule has 0 heterocycles. The van der Waals surface area contributed by atoms with Crippen LogP contribution in [0, 0.1) is 0 Å². The summed E-state index contributed by atoms with van der Waals surface area (Å²) in [5.74, 6) is -1.38. The number of carbonyl (C=O) groups excluding carboxylic acids is 1. The van der Waals surface area contributed by atoms with E-state index in [1.165, 1.54) is 12.1 Å². The molecule has 2 N–H and O–H groups in total. The first kappa shape index (κ1) is 16.5. The number of hydrogen-bond acceptors (Lipinski definition) is 2. The average Bonchev–Trinajstić information content (AvgIpc) is 2.48. The topological polar surface area (TPSA) is 66.4 Å². The minimum atomic E-state index is -1.13. The van der Waals surface area contributed by atoms with Gasteiger partial charge in [0.05, 0.1) is 11.3 Å². The van der Waals surface area contributed by atoms with Crippen LogP contribution in [-0.2, 0) is 11.2 Å². The molecule has 0 aliphatic heterocycles. The van der Waals surface area contributed by atoms with Crippen molar-refractivity contribution in [2.75, 3.05) is 5.32 Å². The highest BCUT2D eigenvalue weighted by molar-refractivity contribution is 9.10. The Hall–Kier alpha value is -1.85. The number of aromatic carboxylic acids is 1. The van der Waals surface area contributed by atoms with E-state index in [4.69, 9.17) is 16.7 Å². The molecule has 6 heteroatoms. The summed E-state index contributed by atoms with van der Waals surface area (Å²) < 4.78 is 0.980. The SMILES string of the molecule is O=C(CCc1ccc(Br)cc1)Nc1ccc(Cl)cc1C(=O)O. The second-order valence-electron chi connectivity index (χ2n) is 4.67. The predicted molar refractivity (Wildman–Crippen MR) is 89.5 cm³/mol. The molecule has 114 valence electrons. The minimum absolute atomic E-state index is 0.0236. The molecule has 0 unspecified atom stereocenters. The number of carbonyl (C=O) groups is 2. The van der Waals surface area contributed by atoms with Crippen molar-refractivity contribution in [3.63, 3.8) is 0 Å². The highest BCUT2D eigenvalue weighted by atomic mass is 79.9. The molecule has 2 aromatic rings. The molecule has 0 fully saturated rings. The average molecular weight is 383 g/mol. The molecular formula is C16H13BrClNO3. The predicted octanol–water partition coefficient (Wildman–Crippen LogP) is 4.37. The Balaban J connectivity index is 2.00. The lowest BCUT2D eigenvalue weighted by atomic mass is 10.1. The van der Waals surface area contributed by atoms with Crippen LogP contribution >= 0.6 is 27.5 Å². The molecule has 22 heavy (non-hydrogen) atoms. The summed E-state index contributed by atoms with van der Waals surface area (Å²) >= 11 is 9.12. The van der Waals surface area contributed by atoms with Gasteiger partial charge < -0.3 is 10.4 Å². The quantitative estimate of drug-likeness (QED) is 0.807. The Morgan fingerprint density at radius 3 is 2.45 bits per heavy atom. The fraction of sp³-hybridized carbons (Fsp3) is 0.125. The van der Waals surface area contributed by atoms with Crippen molar-refractivity contribution < 1.29 is 14.7 Å². The number of benzene rings is 2. The van der Waals surface area contributed by atoms with E-state index >= 15 is 0 Å². The lowest BCUT2D eigenvalue weighted by Gasteiger charge is -2.09. The molecule has 0 saturated carbocycles. The lowest BCUT2D eigenvalue weighted by molar-refractivity contribution is -0.116. The van der Waals surface area contributed by atoms with Crippen molar-refractivity contribution in [3.05, 3.63) is 63.1 Å². The van der Waals surface area contributed by atoms with E-state index in [0.29, 0.717) is 11.4 Å². The molecule has 4 nitrogen and oxygen atoms in total. The van der Waals surface area contributed by atoms with Gasteiger partial charge in [-0.25, -0.2) is 4.79 Å². The Bertz CT molecular complexity index is 701. The van der Waals surface area contributed by atoms with E-state index in [0.717, 1.165) is 10.0 Å². The van der Waals surface area contributed by atoms with E-state index in [2.05, 4.69) is 21.2 Å². The Kier molecular flexibility index (Phi) is 5.57. The van der Waals surface area contributed by atoms with E-state index in [-0.39, 0.29) is 23.6 Å². The maximum Gasteiger partial charge on any atom is 0.337 e. The second kappa shape index (κ2) is 7.42. The summed E-state index contributed by atoms with van der Waals surface area (Å²) in [6.45, 7) is 0.